The Labute approximate surface area is 138 Å². The number of halogens is 1. The Balaban J connectivity index is 2.08. The molecule has 24 heavy (non-hydrogen) atoms. The molecule has 0 aromatic heterocycles. The second kappa shape index (κ2) is 6.12. The van der Waals surface area contributed by atoms with Gasteiger partial charge in [-0.05, 0) is 48.2 Å². The van der Waals surface area contributed by atoms with Crippen molar-refractivity contribution >= 4 is 28.3 Å². The van der Waals surface area contributed by atoms with E-state index in [-0.39, 0.29) is 17.3 Å². The van der Waals surface area contributed by atoms with E-state index >= 15 is 0 Å². The summed E-state index contributed by atoms with van der Waals surface area (Å²) in [4.78, 5) is 24.4. The fourth-order valence-corrected chi connectivity index (χ4v) is 2.69. The first-order valence-electron chi connectivity index (χ1n) is 7.36. The molecule has 3 N–H and O–H groups in total. The van der Waals surface area contributed by atoms with Crippen LogP contribution in [-0.2, 0) is 0 Å². The van der Waals surface area contributed by atoms with Crippen molar-refractivity contribution in [2.75, 3.05) is 5.32 Å². The molecule has 0 saturated heterocycles. The summed E-state index contributed by atoms with van der Waals surface area (Å²) in [5.41, 5.74) is 7.17. The number of hydrogen-bond donors (Lipinski definition) is 2. The largest absolute Gasteiger partial charge is 0.366 e. The molecule has 120 valence electrons. The minimum absolute atomic E-state index is 0.286. The zero-order valence-corrected chi connectivity index (χ0v) is 13.0. The summed E-state index contributed by atoms with van der Waals surface area (Å²) in [6, 6.07) is 14.4. The van der Waals surface area contributed by atoms with Gasteiger partial charge in [0.25, 0.3) is 5.91 Å². The number of primary amides is 1. The zero-order chi connectivity index (χ0) is 17.3. The van der Waals surface area contributed by atoms with Crippen molar-refractivity contribution in [1.82, 2.24) is 0 Å². The Morgan fingerprint density at radius 1 is 1.00 bits per heavy atom. The Morgan fingerprint density at radius 3 is 2.29 bits per heavy atom. The van der Waals surface area contributed by atoms with Crippen molar-refractivity contribution in [3.05, 3.63) is 77.1 Å². The van der Waals surface area contributed by atoms with Crippen LogP contribution in [0.1, 0.15) is 26.3 Å². The number of nitrogens with one attached hydrogen (secondary N) is 1. The van der Waals surface area contributed by atoms with Crippen LogP contribution in [0.3, 0.4) is 0 Å². The SMILES string of the molecule is Cc1cc(F)ccc1NC(=O)c1cccc2cccc(C(N)=O)c12. The van der Waals surface area contributed by atoms with Gasteiger partial charge in [0.2, 0.25) is 5.91 Å². The molecule has 0 saturated carbocycles. The second-order valence-corrected chi connectivity index (χ2v) is 5.49. The fraction of sp³-hybridized carbons (Fsp3) is 0.0526. The van der Waals surface area contributed by atoms with E-state index in [4.69, 9.17) is 5.73 Å². The van der Waals surface area contributed by atoms with E-state index in [1.165, 1.54) is 18.2 Å². The van der Waals surface area contributed by atoms with Gasteiger partial charge in [-0.1, -0.05) is 24.3 Å². The molecule has 3 aromatic rings. The normalized spacial score (nSPS) is 10.6. The van der Waals surface area contributed by atoms with Gasteiger partial charge in [-0.3, -0.25) is 9.59 Å². The fourth-order valence-electron chi connectivity index (χ4n) is 2.69. The van der Waals surface area contributed by atoms with Crippen molar-refractivity contribution < 1.29 is 14.0 Å². The van der Waals surface area contributed by atoms with Crippen LogP contribution in [0.5, 0.6) is 0 Å². The molecule has 0 fully saturated rings. The third kappa shape index (κ3) is 2.84. The topological polar surface area (TPSA) is 72.2 Å². The second-order valence-electron chi connectivity index (χ2n) is 5.49. The molecule has 3 rings (SSSR count). The molecule has 0 unspecified atom stereocenters. The molecule has 0 bridgehead atoms. The maximum absolute atomic E-state index is 13.2. The predicted octanol–water partition coefficient (Wildman–Crippen LogP) is 3.64. The molecule has 0 spiro atoms. The highest BCUT2D eigenvalue weighted by atomic mass is 19.1. The molecule has 5 heteroatoms. The maximum atomic E-state index is 13.2. The number of anilines is 1. The van der Waals surface area contributed by atoms with Crippen LogP contribution in [0.4, 0.5) is 10.1 Å². The maximum Gasteiger partial charge on any atom is 0.256 e. The molecule has 0 aliphatic heterocycles. The monoisotopic (exact) mass is 322 g/mol. The number of benzene rings is 3. The van der Waals surface area contributed by atoms with Gasteiger partial charge in [-0.15, -0.1) is 0 Å². The molecule has 4 nitrogen and oxygen atoms in total. The van der Waals surface area contributed by atoms with E-state index in [1.54, 1.807) is 31.2 Å². The Kier molecular flexibility index (Phi) is 4.00. The molecule has 0 atom stereocenters. The summed E-state index contributed by atoms with van der Waals surface area (Å²) in [7, 11) is 0. The number of aryl methyl sites for hydroxylation is 1. The Bertz CT molecular complexity index is 961. The number of carbonyl (C=O) groups is 2. The number of amides is 2. The van der Waals surface area contributed by atoms with Crippen LogP contribution in [0.15, 0.2) is 54.6 Å². The first-order chi connectivity index (χ1) is 11.5. The third-order valence-electron chi connectivity index (χ3n) is 3.85. The van der Waals surface area contributed by atoms with Crippen LogP contribution in [-0.4, -0.2) is 11.8 Å². The average Bonchev–Trinajstić information content (AvgIpc) is 2.56. The molecule has 0 radical (unpaired) electrons. The van der Waals surface area contributed by atoms with Gasteiger partial charge in [0.15, 0.2) is 0 Å². The van der Waals surface area contributed by atoms with Gasteiger partial charge >= 0.3 is 0 Å². The molecule has 0 aliphatic rings. The zero-order valence-electron chi connectivity index (χ0n) is 13.0. The van der Waals surface area contributed by atoms with Crippen LogP contribution in [0, 0.1) is 12.7 Å². The standard InChI is InChI=1S/C19H15FN2O2/c1-11-10-13(20)8-9-16(11)22-19(24)15-7-3-5-12-4-2-6-14(17(12)15)18(21)23/h2-10H,1H3,(H2,21,23)(H,22,24). The molecular weight excluding hydrogens is 307 g/mol. The van der Waals surface area contributed by atoms with Gasteiger partial charge in [0.05, 0.1) is 0 Å². The van der Waals surface area contributed by atoms with Crippen molar-refractivity contribution in [2.45, 2.75) is 6.92 Å². The van der Waals surface area contributed by atoms with Crippen molar-refractivity contribution in [1.29, 1.82) is 0 Å². The van der Waals surface area contributed by atoms with Crippen LogP contribution in [0.25, 0.3) is 10.8 Å². The van der Waals surface area contributed by atoms with Gasteiger partial charge in [0, 0.05) is 22.2 Å². The Morgan fingerprint density at radius 2 is 1.67 bits per heavy atom. The summed E-state index contributed by atoms with van der Waals surface area (Å²) >= 11 is 0. The van der Waals surface area contributed by atoms with Gasteiger partial charge in [-0.2, -0.15) is 0 Å². The summed E-state index contributed by atoms with van der Waals surface area (Å²) in [6.07, 6.45) is 0. The van der Waals surface area contributed by atoms with Gasteiger partial charge in [0.1, 0.15) is 5.82 Å². The van der Waals surface area contributed by atoms with Gasteiger partial charge < -0.3 is 11.1 Å². The van der Waals surface area contributed by atoms with Crippen molar-refractivity contribution in [3.63, 3.8) is 0 Å². The average molecular weight is 322 g/mol. The summed E-state index contributed by atoms with van der Waals surface area (Å²) < 4.78 is 13.2. The summed E-state index contributed by atoms with van der Waals surface area (Å²) in [6.45, 7) is 1.70. The van der Waals surface area contributed by atoms with Crippen LogP contribution in [0.2, 0.25) is 0 Å². The summed E-state index contributed by atoms with van der Waals surface area (Å²) in [5, 5.41) is 4.00. The summed E-state index contributed by atoms with van der Waals surface area (Å²) in [5.74, 6) is -1.35. The van der Waals surface area contributed by atoms with E-state index in [1.807, 2.05) is 12.1 Å². The number of carbonyl (C=O) groups excluding carboxylic acids is 2. The highest BCUT2D eigenvalue weighted by Gasteiger charge is 2.16. The smallest absolute Gasteiger partial charge is 0.256 e. The third-order valence-corrected chi connectivity index (χ3v) is 3.85. The molecule has 0 heterocycles. The van der Waals surface area contributed by atoms with E-state index in [0.29, 0.717) is 22.2 Å². The molecule has 3 aromatic carbocycles. The van der Waals surface area contributed by atoms with Gasteiger partial charge in [-0.25, -0.2) is 4.39 Å². The van der Waals surface area contributed by atoms with Crippen molar-refractivity contribution in [3.8, 4) is 0 Å². The first-order valence-corrected chi connectivity index (χ1v) is 7.36. The first kappa shape index (κ1) is 15.7. The minimum Gasteiger partial charge on any atom is -0.366 e. The number of nitrogens with two attached hydrogens (primary N) is 1. The number of fused-ring (bicyclic) bond motifs is 1. The van der Waals surface area contributed by atoms with Crippen molar-refractivity contribution in [2.24, 2.45) is 5.73 Å². The predicted molar refractivity (Wildman–Crippen MR) is 91.6 cm³/mol. The molecule has 0 aliphatic carbocycles. The quantitative estimate of drug-likeness (QED) is 0.773. The lowest BCUT2D eigenvalue weighted by atomic mass is 9.98. The lowest BCUT2D eigenvalue weighted by Gasteiger charge is -2.12. The molecule has 2 amide bonds. The van der Waals surface area contributed by atoms with E-state index in [2.05, 4.69) is 5.32 Å². The van der Waals surface area contributed by atoms with Crippen LogP contribution < -0.4 is 11.1 Å². The number of hydrogen-bond acceptors (Lipinski definition) is 2. The lowest BCUT2D eigenvalue weighted by molar-refractivity contribution is 0.100. The molecular formula is C19H15FN2O2. The lowest BCUT2D eigenvalue weighted by Crippen LogP contribution is -2.16. The van der Waals surface area contributed by atoms with Crippen LogP contribution >= 0.6 is 0 Å². The highest BCUT2D eigenvalue weighted by Crippen LogP contribution is 2.25. The Hall–Kier alpha value is -3.21. The highest BCUT2D eigenvalue weighted by molar-refractivity contribution is 6.18. The van der Waals surface area contributed by atoms with E-state index in [9.17, 15) is 14.0 Å². The van der Waals surface area contributed by atoms with E-state index in [0.717, 1.165) is 5.39 Å². The van der Waals surface area contributed by atoms with E-state index < -0.39 is 5.91 Å². The number of rotatable bonds is 3. The minimum atomic E-state index is -0.598.